The van der Waals surface area contributed by atoms with E-state index in [1.807, 2.05) is 18.2 Å². The van der Waals surface area contributed by atoms with Gasteiger partial charge >= 0.3 is 0 Å². The lowest BCUT2D eigenvalue weighted by atomic mass is 10.1. The number of hydrogen-bond acceptors (Lipinski definition) is 1. The first-order chi connectivity index (χ1) is 11.7. The van der Waals surface area contributed by atoms with Gasteiger partial charge in [-0.15, -0.1) is 0 Å². The Balaban J connectivity index is 1.60. The molecule has 2 heteroatoms. The summed E-state index contributed by atoms with van der Waals surface area (Å²) in [6, 6.07) is 19.2. The Kier molecular flexibility index (Phi) is 5.47. The second-order valence-electron chi connectivity index (χ2n) is 6.22. The fraction of sp³-hybridized carbons (Fsp3) is 0.273. The molecule has 0 atom stereocenters. The molecule has 0 unspecified atom stereocenters. The van der Waals surface area contributed by atoms with E-state index in [2.05, 4.69) is 31.2 Å². The number of unbranched alkanes of at least 4 members (excludes halogenated alkanes) is 2. The van der Waals surface area contributed by atoms with E-state index in [-0.39, 0.29) is 5.82 Å². The van der Waals surface area contributed by atoms with Crippen LogP contribution >= 0.6 is 0 Å². The average Bonchev–Trinajstić information content (AvgIpc) is 2.61. The summed E-state index contributed by atoms with van der Waals surface area (Å²) in [6.07, 6.45) is 4.95. The van der Waals surface area contributed by atoms with Gasteiger partial charge in [0, 0.05) is 0 Å². The van der Waals surface area contributed by atoms with Crippen LogP contribution in [0.15, 0.2) is 60.7 Å². The Morgan fingerprint density at radius 1 is 0.792 bits per heavy atom. The zero-order chi connectivity index (χ0) is 16.8. The van der Waals surface area contributed by atoms with Crippen LogP contribution in [-0.4, -0.2) is 0 Å². The minimum atomic E-state index is -0.213. The van der Waals surface area contributed by atoms with Gasteiger partial charge in [-0.1, -0.05) is 56.2 Å². The third-order valence-corrected chi connectivity index (χ3v) is 4.27. The highest BCUT2D eigenvalue weighted by Crippen LogP contribution is 2.22. The lowest BCUT2D eigenvalue weighted by Gasteiger charge is -2.08. The molecule has 0 spiro atoms. The second-order valence-corrected chi connectivity index (χ2v) is 6.22. The highest BCUT2D eigenvalue weighted by molar-refractivity contribution is 5.83. The van der Waals surface area contributed by atoms with E-state index in [9.17, 15) is 4.39 Å². The quantitative estimate of drug-likeness (QED) is 0.464. The zero-order valence-corrected chi connectivity index (χ0v) is 14.1. The van der Waals surface area contributed by atoms with Crippen LogP contribution in [-0.2, 0) is 13.0 Å². The Hall–Kier alpha value is -2.35. The predicted octanol–water partition coefficient (Wildman–Crippen LogP) is 6.29. The molecule has 0 amide bonds. The first-order valence-corrected chi connectivity index (χ1v) is 8.64. The fourth-order valence-electron chi connectivity index (χ4n) is 2.83. The summed E-state index contributed by atoms with van der Waals surface area (Å²) >= 11 is 0. The molecule has 0 aromatic heterocycles. The van der Waals surface area contributed by atoms with Crippen molar-refractivity contribution >= 4 is 10.8 Å². The van der Waals surface area contributed by atoms with E-state index in [0.717, 1.165) is 28.5 Å². The van der Waals surface area contributed by atoms with Gasteiger partial charge in [0.15, 0.2) is 0 Å². The molecular formula is C22H23FO. The largest absolute Gasteiger partial charge is 0.489 e. The van der Waals surface area contributed by atoms with Crippen LogP contribution in [0.3, 0.4) is 0 Å². The average molecular weight is 322 g/mol. The van der Waals surface area contributed by atoms with Crippen LogP contribution in [0.2, 0.25) is 0 Å². The lowest BCUT2D eigenvalue weighted by molar-refractivity contribution is 0.306. The molecule has 3 aromatic carbocycles. The summed E-state index contributed by atoms with van der Waals surface area (Å²) < 4.78 is 19.1. The molecule has 0 saturated heterocycles. The molecule has 0 aliphatic rings. The van der Waals surface area contributed by atoms with Gasteiger partial charge in [0.2, 0.25) is 0 Å². The molecule has 0 heterocycles. The maximum absolute atomic E-state index is 13.2. The minimum Gasteiger partial charge on any atom is -0.489 e. The van der Waals surface area contributed by atoms with Gasteiger partial charge in [-0.05, 0) is 59.0 Å². The number of fused-ring (bicyclic) bond motifs is 1. The number of rotatable bonds is 7. The van der Waals surface area contributed by atoms with Crippen LogP contribution in [0.4, 0.5) is 4.39 Å². The molecule has 0 fully saturated rings. The summed E-state index contributed by atoms with van der Waals surface area (Å²) in [4.78, 5) is 0. The maximum Gasteiger partial charge on any atom is 0.123 e. The highest BCUT2D eigenvalue weighted by Gasteiger charge is 2.01. The molecule has 124 valence electrons. The number of ether oxygens (including phenoxy) is 1. The summed E-state index contributed by atoms with van der Waals surface area (Å²) in [6.45, 7) is 2.77. The van der Waals surface area contributed by atoms with Crippen molar-refractivity contribution in [2.75, 3.05) is 0 Å². The smallest absolute Gasteiger partial charge is 0.123 e. The van der Waals surface area contributed by atoms with E-state index in [1.54, 1.807) is 6.07 Å². The monoisotopic (exact) mass is 322 g/mol. The number of halogens is 1. The van der Waals surface area contributed by atoms with Gasteiger partial charge in [0.1, 0.15) is 18.2 Å². The van der Waals surface area contributed by atoms with Gasteiger partial charge < -0.3 is 4.74 Å². The van der Waals surface area contributed by atoms with Gasteiger partial charge in [-0.3, -0.25) is 0 Å². The molecule has 0 aliphatic carbocycles. The Bertz CT molecular complexity index is 793. The molecule has 3 aromatic rings. The SMILES string of the molecule is CCCCCc1ccc(COc2ccc3cc(F)ccc3c2)cc1. The van der Waals surface area contributed by atoms with Crippen molar-refractivity contribution in [3.8, 4) is 5.75 Å². The van der Waals surface area contributed by atoms with E-state index in [4.69, 9.17) is 4.74 Å². The minimum absolute atomic E-state index is 0.213. The van der Waals surface area contributed by atoms with E-state index < -0.39 is 0 Å². The second kappa shape index (κ2) is 7.96. The molecule has 0 bridgehead atoms. The number of hydrogen-bond donors (Lipinski definition) is 0. The maximum atomic E-state index is 13.2. The molecule has 24 heavy (non-hydrogen) atoms. The van der Waals surface area contributed by atoms with Crippen molar-refractivity contribution in [2.24, 2.45) is 0 Å². The summed E-state index contributed by atoms with van der Waals surface area (Å²) in [5.41, 5.74) is 2.55. The molecular weight excluding hydrogens is 299 g/mol. The van der Waals surface area contributed by atoms with Crippen molar-refractivity contribution in [3.05, 3.63) is 77.6 Å². The highest BCUT2D eigenvalue weighted by atomic mass is 19.1. The molecule has 3 rings (SSSR count). The molecule has 1 nitrogen and oxygen atoms in total. The number of benzene rings is 3. The molecule has 0 radical (unpaired) electrons. The van der Waals surface area contributed by atoms with Crippen molar-refractivity contribution < 1.29 is 9.13 Å². The van der Waals surface area contributed by atoms with Crippen molar-refractivity contribution in [1.29, 1.82) is 0 Å². The molecule has 0 saturated carbocycles. The topological polar surface area (TPSA) is 9.23 Å². The van der Waals surface area contributed by atoms with E-state index in [0.29, 0.717) is 6.61 Å². The van der Waals surface area contributed by atoms with Crippen molar-refractivity contribution in [2.45, 2.75) is 39.2 Å². The normalized spacial score (nSPS) is 10.9. The lowest BCUT2D eigenvalue weighted by Crippen LogP contribution is -1.96. The van der Waals surface area contributed by atoms with Crippen LogP contribution in [0.5, 0.6) is 5.75 Å². The standard InChI is InChI=1S/C22H23FO/c1-2-3-4-5-17-6-8-18(9-7-17)16-24-22-13-11-19-14-21(23)12-10-20(19)15-22/h6-15H,2-5,16H2,1H3. The number of aryl methyl sites for hydroxylation is 1. The molecule has 0 N–H and O–H groups in total. The van der Waals surface area contributed by atoms with Gasteiger partial charge in [-0.2, -0.15) is 0 Å². The summed E-state index contributed by atoms with van der Waals surface area (Å²) in [5.74, 6) is 0.594. The predicted molar refractivity (Wildman–Crippen MR) is 97.9 cm³/mol. The van der Waals surface area contributed by atoms with Crippen LogP contribution in [0, 0.1) is 5.82 Å². The Morgan fingerprint density at radius 2 is 1.50 bits per heavy atom. The van der Waals surface area contributed by atoms with Gasteiger partial charge in [0.25, 0.3) is 0 Å². The van der Waals surface area contributed by atoms with Crippen molar-refractivity contribution in [1.82, 2.24) is 0 Å². The zero-order valence-electron chi connectivity index (χ0n) is 14.1. The Morgan fingerprint density at radius 3 is 2.29 bits per heavy atom. The molecule has 0 aliphatic heterocycles. The van der Waals surface area contributed by atoms with Crippen LogP contribution < -0.4 is 4.74 Å². The fourth-order valence-corrected chi connectivity index (χ4v) is 2.83. The first-order valence-electron chi connectivity index (χ1n) is 8.64. The van der Waals surface area contributed by atoms with E-state index >= 15 is 0 Å². The van der Waals surface area contributed by atoms with Gasteiger partial charge in [-0.25, -0.2) is 4.39 Å². The summed E-state index contributed by atoms with van der Waals surface area (Å²) in [7, 11) is 0. The van der Waals surface area contributed by atoms with Gasteiger partial charge in [0.05, 0.1) is 0 Å². The summed E-state index contributed by atoms with van der Waals surface area (Å²) in [5, 5.41) is 1.87. The third kappa shape index (κ3) is 4.35. The Labute approximate surface area is 143 Å². The van der Waals surface area contributed by atoms with Crippen LogP contribution in [0.25, 0.3) is 10.8 Å². The van der Waals surface area contributed by atoms with E-state index in [1.165, 1.54) is 37.0 Å². The van der Waals surface area contributed by atoms with Crippen molar-refractivity contribution in [3.63, 3.8) is 0 Å². The first kappa shape index (κ1) is 16.5. The third-order valence-electron chi connectivity index (χ3n) is 4.27. The van der Waals surface area contributed by atoms with Crippen LogP contribution in [0.1, 0.15) is 37.3 Å².